The summed E-state index contributed by atoms with van der Waals surface area (Å²) in [6.07, 6.45) is 0. The van der Waals surface area contributed by atoms with Crippen molar-refractivity contribution < 1.29 is 9.50 Å². The van der Waals surface area contributed by atoms with E-state index in [0.717, 1.165) is 11.1 Å². The van der Waals surface area contributed by atoms with Gasteiger partial charge in [-0.05, 0) is 39.2 Å². The number of anilines is 1. The maximum Gasteiger partial charge on any atom is 0.125 e. The maximum atomic E-state index is 13.1. The molecule has 0 aliphatic rings. The summed E-state index contributed by atoms with van der Waals surface area (Å²) in [6, 6.07) is 10.2. The molecule has 2 N–H and O–H groups in total. The highest BCUT2D eigenvalue weighted by molar-refractivity contribution is 9.10. The molecule has 2 aromatic carbocycles. The Labute approximate surface area is 124 Å². The first-order valence-electron chi connectivity index (χ1n) is 5.67. The zero-order chi connectivity index (χ0) is 13.8. The molecule has 0 atom stereocenters. The van der Waals surface area contributed by atoms with E-state index in [0.29, 0.717) is 21.7 Å². The quantitative estimate of drug-likeness (QED) is 0.864. The van der Waals surface area contributed by atoms with Gasteiger partial charge in [0.25, 0.3) is 0 Å². The van der Waals surface area contributed by atoms with Gasteiger partial charge < -0.3 is 10.4 Å². The molecule has 0 amide bonds. The van der Waals surface area contributed by atoms with Gasteiger partial charge in [-0.15, -0.1) is 0 Å². The van der Waals surface area contributed by atoms with Crippen LogP contribution in [0.15, 0.2) is 40.9 Å². The number of benzene rings is 2. The smallest absolute Gasteiger partial charge is 0.125 e. The second-order valence-corrected chi connectivity index (χ2v) is 5.33. The van der Waals surface area contributed by atoms with E-state index >= 15 is 0 Å². The molecule has 2 rings (SSSR count). The van der Waals surface area contributed by atoms with Crippen LogP contribution in [0.2, 0.25) is 5.02 Å². The normalized spacial score (nSPS) is 10.5. The van der Waals surface area contributed by atoms with Crippen LogP contribution < -0.4 is 5.32 Å². The average molecular weight is 345 g/mol. The number of aliphatic hydroxyl groups is 1. The summed E-state index contributed by atoms with van der Waals surface area (Å²) in [5.74, 6) is -0.380. The fraction of sp³-hybridized carbons (Fsp3) is 0.143. The molecule has 0 bridgehead atoms. The third kappa shape index (κ3) is 3.69. The third-order valence-corrected chi connectivity index (χ3v) is 3.61. The topological polar surface area (TPSA) is 32.3 Å². The van der Waals surface area contributed by atoms with Crippen molar-refractivity contribution in [3.8, 4) is 0 Å². The molecular weight excluding hydrogens is 333 g/mol. The van der Waals surface area contributed by atoms with Crippen LogP contribution in [0.1, 0.15) is 11.1 Å². The molecule has 0 saturated heterocycles. The fourth-order valence-corrected chi connectivity index (χ4v) is 2.62. The van der Waals surface area contributed by atoms with Crippen LogP contribution in [0.5, 0.6) is 0 Å². The van der Waals surface area contributed by atoms with Gasteiger partial charge in [0.1, 0.15) is 5.82 Å². The summed E-state index contributed by atoms with van der Waals surface area (Å²) in [4.78, 5) is 0. The molecule has 2 nitrogen and oxygen atoms in total. The largest absolute Gasteiger partial charge is 0.392 e. The minimum Gasteiger partial charge on any atom is -0.392 e. The van der Waals surface area contributed by atoms with E-state index < -0.39 is 0 Å². The number of hydrogen-bond donors (Lipinski definition) is 2. The first-order chi connectivity index (χ1) is 9.10. The van der Waals surface area contributed by atoms with Crippen molar-refractivity contribution >= 4 is 33.2 Å². The van der Waals surface area contributed by atoms with Gasteiger partial charge >= 0.3 is 0 Å². The Bertz CT molecular complexity index is 551. The number of rotatable bonds is 4. The van der Waals surface area contributed by atoms with Gasteiger partial charge in [0.2, 0.25) is 0 Å². The lowest BCUT2D eigenvalue weighted by molar-refractivity contribution is 0.282. The summed E-state index contributed by atoms with van der Waals surface area (Å²) >= 11 is 9.26. The summed E-state index contributed by atoms with van der Waals surface area (Å²) in [5.41, 5.74) is 2.57. The number of halogens is 3. The lowest BCUT2D eigenvalue weighted by Crippen LogP contribution is -2.01. The summed E-state index contributed by atoms with van der Waals surface area (Å²) in [6.45, 7) is 0.596. The third-order valence-electron chi connectivity index (χ3n) is 2.68. The van der Waals surface area contributed by atoms with Gasteiger partial charge in [-0.1, -0.05) is 35.9 Å². The standard InChI is InChI=1S/C14H12BrClFNO/c15-12-5-11(17)6-13(16)14(12)18-7-9-1-3-10(8-19)4-2-9/h1-6,18-19H,7-8H2. The highest BCUT2D eigenvalue weighted by atomic mass is 79.9. The Balaban J connectivity index is 2.10. The fourth-order valence-electron chi connectivity index (χ4n) is 1.66. The molecule has 0 saturated carbocycles. The molecule has 0 aromatic heterocycles. The van der Waals surface area contributed by atoms with Crippen LogP contribution >= 0.6 is 27.5 Å². The SMILES string of the molecule is OCc1ccc(CNc2c(Cl)cc(F)cc2Br)cc1. The maximum absolute atomic E-state index is 13.1. The van der Waals surface area contributed by atoms with Gasteiger partial charge in [0.05, 0.1) is 17.3 Å². The lowest BCUT2D eigenvalue weighted by atomic mass is 10.1. The monoisotopic (exact) mass is 343 g/mol. The Morgan fingerprint density at radius 1 is 1.16 bits per heavy atom. The first-order valence-corrected chi connectivity index (χ1v) is 6.84. The molecule has 0 heterocycles. The average Bonchev–Trinajstić information content (AvgIpc) is 2.38. The van der Waals surface area contributed by atoms with Crippen LogP contribution in [-0.4, -0.2) is 5.11 Å². The molecule has 0 aliphatic heterocycles. The summed E-state index contributed by atoms with van der Waals surface area (Å²) in [5, 5.41) is 12.4. The highest BCUT2D eigenvalue weighted by Crippen LogP contribution is 2.32. The van der Waals surface area contributed by atoms with Crippen molar-refractivity contribution in [2.45, 2.75) is 13.2 Å². The van der Waals surface area contributed by atoms with Crippen LogP contribution in [0.4, 0.5) is 10.1 Å². The van der Waals surface area contributed by atoms with Crippen molar-refractivity contribution in [3.05, 3.63) is 62.8 Å². The Hall–Kier alpha value is -1.10. The second-order valence-electron chi connectivity index (χ2n) is 4.07. The highest BCUT2D eigenvalue weighted by Gasteiger charge is 2.07. The van der Waals surface area contributed by atoms with E-state index in [1.165, 1.54) is 12.1 Å². The molecule has 0 aliphatic carbocycles. The van der Waals surface area contributed by atoms with E-state index in [2.05, 4.69) is 21.2 Å². The summed E-state index contributed by atoms with van der Waals surface area (Å²) in [7, 11) is 0. The minimum atomic E-state index is -0.380. The van der Waals surface area contributed by atoms with Gasteiger partial charge in [0.15, 0.2) is 0 Å². The molecule has 2 aromatic rings. The minimum absolute atomic E-state index is 0.0308. The van der Waals surface area contributed by atoms with Crippen molar-refractivity contribution in [1.82, 2.24) is 0 Å². The van der Waals surface area contributed by atoms with Crippen LogP contribution in [0.3, 0.4) is 0 Å². The van der Waals surface area contributed by atoms with Crippen LogP contribution in [0, 0.1) is 5.82 Å². The van der Waals surface area contributed by atoms with Crippen molar-refractivity contribution in [3.63, 3.8) is 0 Å². The van der Waals surface area contributed by atoms with Crippen LogP contribution in [-0.2, 0) is 13.2 Å². The molecule has 0 spiro atoms. The van der Waals surface area contributed by atoms with E-state index in [9.17, 15) is 4.39 Å². The molecule has 100 valence electrons. The second kappa shape index (κ2) is 6.37. The molecular formula is C14H12BrClFNO. The zero-order valence-corrected chi connectivity index (χ0v) is 12.3. The van der Waals surface area contributed by atoms with Gasteiger partial charge in [-0.2, -0.15) is 0 Å². The molecule has 0 fully saturated rings. The number of hydrogen-bond acceptors (Lipinski definition) is 2. The van der Waals surface area contributed by atoms with Crippen LogP contribution in [0.25, 0.3) is 0 Å². The predicted molar refractivity (Wildman–Crippen MR) is 78.8 cm³/mol. The van der Waals surface area contributed by atoms with E-state index in [4.69, 9.17) is 16.7 Å². The predicted octanol–water partition coefficient (Wildman–Crippen LogP) is 4.35. The first kappa shape index (κ1) is 14.3. The van der Waals surface area contributed by atoms with E-state index in [1.54, 1.807) is 0 Å². The van der Waals surface area contributed by atoms with Gasteiger partial charge in [-0.25, -0.2) is 4.39 Å². The van der Waals surface area contributed by atoms with E-state index in [-0.39, 0.29) is 12.4 Å². The zero-order valence-electron chi connectivity index (χ0n) is 9.96. The Kier molecular flexibility index (Phi) is 4.80. The van der Waals surface area contributed by atoms with Gasteiger partial charge in [0, 0.05) is 11.0 Å². The molecule has 0 unspecified atom stereocenters. The Morgan fingerprint density at radius 2 is 1.79 bits per heavy atom. The number of aliphatic hydroxyl groups excluding tert-OH is 1. The molecule has 0 radical (unpaired) electrons. The molecule has 5 heteroatoms. The Morgan fingerprint density at radius 3 is 2.37 bits per heavy atom. The van der Waals surface area contributed by atoms with Crippen molar-refractivity contribution in [2.24, 2.45) is 0 Å². The van der Waals surface area contributed by atoms with E-state index in [1.807, 2.05) is 24.3 Å². The number of nitrogens with one attached hydrogen (secondary N) is 1. The molecule has 19 heavy (non-hydrogen) atoms. The lowest BCUT2D eigenvalue weighted by Gasteiger charge is -2.11. The summed E-state index contributed by atoms with van der Waals surface area (Å²) < 4.78 is 13.7. The van der Waals surface area contributed by atoms with Crippen molar-refractivity contribution in [1.29, 1.82) is 0 Å². The van der Waals surface area contributed by atoms with Gasteiger partial charge in [-0.3, -0.25) is 0 Å². The van der Waals surface area contributed by atoms with Crippen molar-refractivity contribution in [2.75, 3.05) is 5.32 Å².